The lowest BCUT2D eigenvalue weighted by Gasteiger charge is -2.34. The third-order valence-electron chi connectivity index (χ3n) is 5.42. The van der Waals surface area contributed by atoms with E-state index in [4.69, 9.17) is 4.52 Å². The fourth-order valence-electron chi connectivity index (χ4n) is 3.81. The van der Waals surface area contributed by atoms with Crippen LogP contribution in [0.2, 0.25) is 0 Å². The zero-order valence-corrected chi connectivity index (χ0v) is 15.5. The number of fused-ring (bicyclic) bond motifs is 2. The number of nitrogens with zero attached hydrogens (tertiary/aromatic N) is 5. The molecule has 1 fully saturated rings. The highest BCUT2D eigenvalue weighted by molar-refractivity contribution is 5.88. The summed E-state index contributed by atoms with van der Waals surface area (Å²) in [6, 6.07) is 15.5. The van der Waals surface area contributed by atoms with Gasteiger partial charge in [-0.1, -0.05) is 35.5 Å². The number of hydrogen-bond acceptors (Lipinski definition) is 6. The van der Waals surface area contributed by atoms with Gasteiger partial charge in [0.2, 0.25) is 0 Å². The Hall–Kier alpha value is -3.19. The summed E-state index contributed by atoms with van der Waals surface area (Å²) >= 11 is 0. The topological polar surface area (TPSA) is 67.4 Å². The first kappa shape index (κ1) is 16.9. The van der Waals surface area contributed by atoms with Crippen molar-refractivity contribution in [1.82, 2.24) is 19.8 Å². The van der Waals surface area contributed by atoms with Crippen molar-refractivity contribution in [3.63, 3.8) is 0 Å². The van der Waals surface area contributed by atoms with E-state index in [1.165, 1.54) is 0 Å². The van der Waals surface area contributed by atoms with Gasteiger partial charge in [-0.25, -0.2) is 4.68 Å². The number of benzene rings is 2. The van der Waals surface area contributed by atoms with E-state index in [2.05, 4.69) is 20.1 Å². The normalized spacial score (nSPS) is 15.5. The zero-order valence-electron chi connectivity index (χ0n) is 15.5. The van der Waals surface area contributed by atoms with Gasteiger partial charge in [-0.05, 0) is 18.2 Å². The molecule has 5 rings (SSSR count). The minimum absolute atomic E-state index is 0.0224. The molecular formula is C21H21N5O2. The largest absolute Gasteiger partial charge is 0.354 e. The highest BCUT2D eigenvalue weighted by atomic mass is 16.5. The highest BCUT2D eigenvalue weighted by Gasteiger charge is 2.21. The van der Waals surface area contributed by atoms with Crippen molar-refractivity contribution in [1.29, 1.82) is 0 Å². The molecule has 0 unspecified atom stereocenters. The molecule has 0 N–H and O–H groups in total. The number of rotatable bonds is 4. The van der Waals surface area contributed by atoms with Crippen LogP contribution in [0.1, 0.15) is 0 Å². The van der Waals surface area contributed by atoms with Gasteiger partial charge >= 0.3 is 0 Å². The molecule has 0 radical (unpaired) electrons. The lowest BCUT2D eigenvalue weighted by molar-refractivity contribution is 0.242. The van der Waals surface area contributed by atoms with Gasteiger partial charge in [0.25, 0.3) is 5.56 Å². The Balaban J connectivity index is 1.23. The minimum Gasteiger partial charge on any atom is -0.354 e. The van der Waals surface area contributed by atoms with Gasteiger partial charge in [0.1, 0.15) is 0 Å². The Kier molecular flexibility index (Phi) is 4.29. The third kappa shape index (κ3) is 3.03. The molecule has 1 aliphatic heterocycles. The standard InChI is InChI=1S/C21H21N5O2/c27-21-17-6-2-1-5-16(17)15-22-26(21)14-11-24-9-12-25(13-10-24)20-18-7-3-4-8-19(18)28-23-20/h1-8,15H,9-14H2. The molecule has 0 atom stereocenters. The maximum atomic E-state index is 12.6. The molecule has 7 nitrogen and oxygen atoms in total. The van der Waals surface area contributed by atoms with Crippen LogP contribution in [0.5, 0.6) is 0 Å². The van der Waals surface area contributed by atoms with Gasteiger partial charge in [-0.3, -0.25) is 9.69 Å². The van der Waals surface area contributed by atoms with Crippen molar-refractivity contribution in [2.24, 2.45) is 0 Å². The summed E-state index contributed by atoms with van der Waals surface area (Å²) in [5.74, 6) is 0.919. The van der Waals surface area contributed by atoms with Crippen LogP contribution in [-0.4, -0.2) is 52.6 Å². The summed E-state index contributed by atoms with van der Waals surface area (Å²) in [4.78, 5) is 17.2. The molecule has 0 spiro atoms. The average molecular weight is 375 g/mol. The van der Waals surface area contributed by atoms with E-state index in [1.54, 1.807) is 10.9 Å². The molecule has 0 aliphatic carbocycles. The van der Waals surface area contributed by atoms with Crippen molar-refractivity contribution in [3.05, 3.63) is 65.1 Å². The molecule has 1 saturated heterocycles. The second-order valence-corrected chi connectivity index (χ2v) is 7.09. The van der Waals surface area contributed by atoms with E-state index in [-0.39, 0.29) is 5.56 Å². The Morgan fingerprint density at radius 1 is 0.893 bits per heavy atom. The predicted octanol–water partition coefficient (Wildman–Crippen LogP) is 2.36. The molecule has 0 bridgehead atoms. The molecule has 4 aromatic rings. The lowest BCUT2D eigenvalue weighted by atomic mass is 10.2. The van der Waals surface area contributed by atoms with Gasteiger partial charge < -0.3 is 9.42 Å². The maximum absolute atomic E-state index is 12.6. The van der Waals surface area contributed by atoms with Crippen molar-refractivity contribution in [2.75, 3.05) is 37.6 Å². The van der Waals surface area contributed by atoms with E-state index in [0.717, 1.165) is 60.3 Å². The monoisotopic (exact) mass is 375 g/mol. The zero-order chi connectivity index (χ0) is 18.9. The summed E-state index contributed by atoms with van der Waals surface area (Å²) in [5, 5.41) is 11.2. The molecule has 0 amide bonds. The molecular weight excluding hydrogens is 354 g/mol. The Morgan fingerprint density at radius 2 is 1.64 bits per heavy atom. The van der Waals surface area contributed by atoms with Crippen molar-refractivity contribution in [3.8, 4) is 0 Å². The second kappa shape index (κ2) is 7.09. The van der Waals surface area contributed by atoms with Crippen LogP contribution >= 0.6 is 0 Å². The minimum atomic E-state index is -0.0224. The van der Waals surface area contributed by atoms with E-state index in [1.807, 2.05) is 48.5 Å². The van der Waals surface area contributed by atoms with E-state index >= 15 is 0 Å². The first-order valence-corrected chi connectivity index (χ1v) is 9.56. The van der Waals surface area contributed by atoms with E-state index < -0.39 is 0 Å². The highest BCUT2D eigenvalue weighted by Crippen LogP contribution is 2.26. The van der Waals surface area contributed by atoms with Gasteiger partial charge in [-0.2, -0.15) is 5.10 Å². The quantitative estimate of drug-likeness (QED) is 0.546. The van der Waals surface area contributed by atoms with Crippen LogP contribution in [0.25, 0.3) is 21.7 Å². The summed E-state index contributed by atoms with van der Waals surface area (Å²) in [7, 11) is 0. The maximum Gasteiger partial charge on any atom is 0.274 e. The average Bonchev–Trinajstić information content (AvgIpc) is 3.18. The molecule has 2 aromatic carbocycles. The van der Waals surface area contributed by atoms with E-state index in [0.29, 0.717) is 6.54 Å². The molecule has 0 saturated carbocycles. The van der Waals surface area contributed by atoms with Gasteiger partial charge in [0, 0.05) is 38.1 Å². The van der Waals surface area contributed by atoms with Gasteiger partial charge in [0.15, 0.2) is 11.4 Å². The van der Waals surface area contributed by atoms with Gasteiger partial charge in [0.05, 0.1) is 23.5 Å². The van der Waals surface area contributed by atoms with Gasteiger partial charge in [-0.15, -0.1) is 0 Å². The van der Waals surface area contributed by atoms with Crippen molar-refractivity contribution in [2.45, 2.75) is 6.54 Å². The lowest BCUT2D eigenvalue weighted by Crippen LogP contribution is -2.47. The summed E-state index contributed by atoms with van der Waals surface area (Å²) in [5.41, 5.74) is 0.799. The fraction of sp³-hybridized carbons (Fsp3) is 0.286. The van der Waals surface area contributed by atoms with E-state index in [9.17, 15) is 4.79 Å². The summed E-state index contributed by atoms with van der Waals surface area (Å²) < 4.78 is 7.00. The van der Waals surface area contributed by atoms with Crippen LogP contribution in [0.3, 0.4) is 0 Å². The molecule has 7 heteroatoms. The van der Waals surface area contributed by atoms with Crippen LogP contribution in [0.15, 0.2) is 64.0 Å². The predicted molar refractivity (Wildman–Crippen MR) is 109 cm³/mol. The Morgan fingerprint density at radius 3 is 2.50 bits per heavy atom. The smallest absolute Gasteiger partial charge is 0.274 e. The van der Waals surface area contributed by atoms with Crippen molar-refractivity contribution >= 4 is 27.6 Å². The van der Waals surface area contributed by atoms with Crippen LogP contribution in [0.4, 0.5) is 5.82 Å². The fourth-order valence-corrected chi connectivity index (χ4v) is 3.81. The molecule has 28 heavy (non-hydrogen) atoms. The molecule has 3 heterocycles. The SMILES string of the molecule is O=c1c2ccccc2cnn1CCN1CCN(c2noc3ccccc23)CC1. The Bertz CT molecular complexity index is 1170. The Labute approximate surface area is 161 Å². The van der Waals surface area contributed by atoms with Crippen LogP contribution < -0.4 is 10.5 Å². The number of anilines is 1. The van der Waals surface area contributed by atoms with Crippen LogP contribution in [0, 0.1) is 0 Å². The molecule has 142 valence electrons. The summed E-state index contributed by atoms with van der Waals surface area (Å²) in [6.45, 7) is 5.01. The molecule has 2 aromatic heterocycles. The molecule has 1 aliphatic rings. The summed E-state index contributed by atoms with van der Waals surface area (Å²) in [6.07, 6.45) is 1.77. The van der Waals surface area contributed by atoms with Crippen molar-refractivity contribution < 1.29 is 4.52 Å². The first-order valence-electron chi connectivity index (χ1n) is 9.56. The number of piperazine rings is 1. The number of para-hydroxylation sites is 1. The number of aromatic nitrogens is 3. The first-order chi connectivity index (χ1) is 13.8. The third-order valence-corrected chi connectivity index (χ3v) is 5.42. The second-order valence-electron chi connectivity index (χ2n) is 7.09. The number of hydrogen-bond donors (Lipinski definition) is 0. The van der Waals surface area contributed by atoms with Crippen LogP contribution in [-0.2, 0) is 6.54 Å².